The maximum Gasteiger partial charge on any atom is 0.228 e. The summed E-state index contributed by atoms with van der Waals surface area (Å²) in [5.74, 6) is -0.0917. The number of H-pyrrole nitrogens is 1. The van der Waals surface area contributed by atoms with Crippen LogP contribution in [0.1, 0.15) is 12.2 Å². The molecule has 0 aliphatic carbocycles. The second kappa shape index (κ2) is 7.43. The molecule has 2 aliphatic heterocycles. The lowest BCUT2D eigenvalue weighted by Gasteiger charge is -2.35. The molecule has 3 heterocycles. The monoisotopic (exact) mass is 372 g/mol. The lowest BCUT2D eigenvalue weighted by atomic mass is 10.1. The lowest BCUT2D eigenvalue weighted by Crippen LogP contribution is -2.50. The molecule has 0 bridgehead atoms. The molecule has 1 N–H and O–H groups in total. The fourth-order valence-corrected chi connectivity index (χ4v) is 3.67. The maximum atomic E-state index is 13.4. The van der Waals surface area contributed by atoms with Crippen LogP contribution >= 0.6 is 0 Å². The number of carbonyl (C=O) groups excluding carboxylic acids is 2. The largest absolute Gasteiger partial charge is 0.340 e. The van der Waals surface area contributed by atoms with Crippen LogP contribution in [-0.4, -0.2) is 69.5 Å². The summed E-state index contributed by atoms with van der Waals surface area (Å²) in [6.07, 6.45) is 1.66. The predicted molar refractivity (Wildman–Crippen MR) is 95.1 cm³/mol. The number of benzene rings is 1. The van der Waals surface area contributed by atoms with Crippen molar-refractivity contribution in [3.05, 3.63) is 42.2 Å². The van der Waals surface area contributed by atoms with Crippen LogP contribution in [0.3, 0.4) is 0 Å². The van der Waals surface area contributed by atoms with Gasteiger partial charge in [-0.1, -0.05) is 6.07 Å². The predicted octanol–water partition coefficient (Wildman–Crippen LogP) is 0.641. The van der Waals surface area contributed by atoms with Gasteiger partial charge in [0.1, 0.15) is 18.0 Å². The molecule has 2 aliphatic rings. The van der Waals surface area contributed by atoms with E-state index in [0.29, 0.717) is 31.9 Å². The van der Waals surface area contributed by atoms with Gasteiger partial charge in [0, 0.05) is 44.8 Å². The summed E-state index contributed by atoms with van der Waals surface area (Å²) in [4.78, 5) is 34.8. The maximum absolute atomic E-state index is 13.4. The third-order valence-corrected chi connectivity index (χ3v) is 5.12. The number of rotatable bonds is 4. The van der Waals surface area contributed by atoms with Crippen molar-refractivity contribution in [2.24, 2.45) is 5.92 Å². The van der Waals surface area contributed by atoms with Crippen molar-refractivity contribution in [3.63, 3.8) is 0 Å². The minimum Gasteiger partial charge on any atom is -0.340 e. The van der Waals surface area contributed by atoms with Gasteiger partial charge in [-0.3, -0.25) is 19.6 Å². The van der Waals surface area contributed by atoms with Crippen molar-refractivity contribution in [2.45, 2.75) is 13.0 Å². The fourth-order valence-electron chi connectivity index (χ4n) is 3.67. The minimum absolute atomic E-state index is 0.00145. The number of aromatic amines is 1. The number of hydrogen-bond donors (Lipinski definition) is 1. The molecule has 0 radical (unpaired) electrons. The van der Waals surface area contributed by atoms with Crippen LogP contribution in [0.15, 0.2) is 30.6 Å². The van der Waals surface area contributed by atoms with Crippen molar-refractivity contribution < 1.29 is 14.0 Å². The Bertz CT molecular complexity index is 819. The molecule has 2 aromatic rings. The molecule has 1 aromatic carbocycles. The lowest BCUT2D eigenvalue weighted by molar-refractivity contribution is -0.137. The van der Waals surface area contributed by atoms with Crippen molar-refractivity contribution >= 4 is 17.5 Å². The second-order valence-corrected chi connectivity index (χ2v) is 6.92. The number of aromatic nitrogens is 3. The summed E-state index contributed by atoms with van der Waals surface area (Å²) in [5, 5.41) is 6.68. The Balaban J connectivity index is 1.33. The molecule has 2 fully saturated rings. The van der Waals surface area contributed by atoms with E-state index in [1.54, 1.807) is 12.1 Å². The van der Waals surface area contributed by atoms with Crippen LogP contribution in [0.25, 0.3) is 0 Å². The van der Waals surface area contributed by atoms with Crippen LogP contribution in [0.4, 0.5) is 10.1 Å². The van der Waals surface area contributed by atoms with Crippen molar-refractivity contribution in [1.29, 1.82) is 0 Å². The minimum atomic E-state index is -0.391. The van der Waals surface area contributed by atoms with E-state index in [4.69, 9.17) is 0 Å². The molecule has 27 heavy (non-hydrogen) atoms. The molecule has 9 heteroatoms. The van der Waals surface area contributed by atoms with Crippen LogP contribution < -0.4 is 4.90 Å². The van der Waals surface area contributed by atoms with E-state index >= 15 is 0 Å². The van der Waals surface area contributed by atoms with E-state index in [1.807, 2.05) is 4.90 Å². The number of hydrogen-bond acceptors (Lipinski definition) is 5. The Hall–Kier alpha value is -2.81. The molecule has 1 aromatic heterocycles. The molecule has 2 saturated heterocycles. The summed E-state index contributed by atoms with van der Waals surface area (Å²) < 4.78 is 13.4. The molecule has 8 nitrogen and oxygen atoms in total. The summed E-state index contributed by atoms with van der Waals surface area (Å²) in [5.41, 5.74) is 0.507. The Morgan fingerprint density at radius 3 is 2.78 bits per heavy atom. The Morgan fingerprint density at radius 1 is 1.26 bits per heavy atom. The molecule has 1 atom stereocenters. The summed E-state index contributed by atoms with van der Waals surface area (Å²) in [7, 11) is 0. The van der Waals surface area contributed by atoms with Crippen LogP contribution in [0, 0.1) is 11.7 Å². The number of nitrogens with zero attached hydrogens (tertiary/aromatic N) is 5. The van der Waals surface area contributed by atoms with Gasteiger partial charge in [-0.2, -0.15) is 5.10 Å². The number of amides is 2. The molecule has 4 rings (SSSR count). The normalized spacial score (nSPS) is 21.1. The highest BCUT2D eigenvalue weighted by atomic mass is 19.1. The second-order valence-electron chi connectivity index (χ2n) is 6.92. The zero-order valence-corrected chi connectivity index (χ0v) is 14.8. The number of halogens is 1. The van der Waals surface area contributed by atoms with Gasteiger partial charge in [-0.15, -0.1) is 0 Å². The molecule has 0 saturated carbocycles. The van der Waals surface area contributed by atoms with Gasteiger partial charge in [-0.05, 0) is 18.2 Å². The van der Waals surface area contributed by atoms with E-state index in [1.165, 1.54) is 23.4 Å². The summed E-state index contributed by atoms with van der Waals surface area (Å²) in [6.45, 7) is 3.73. The molecular formula is C18H21FN6O2. The molecule has 2 amide bonds. The zero-order chi connectivity index (χ0) is 18.8. The Morgan fingerprint density at radius 2 is 2.07 bits per heavy atom. The quantitative estimate of drug-likeness (QED) is 0.851. The van der Waals surface area contributed by atoms with Crippen LogP contribution in [0.5, 0.6) is 0 Å². The van der Waals surface area contributed by atoms with Gasteiger partial charge in [0.25, 0.3) is 0 Å². The molecule has 0 unspecified atom stereocenters. The van der Waals surface area contributed by atoms with E-state index in [0.717, 1.165) is 18.9 Å². The molecule has 0 spiro atoms. The number of piperazine rings is 1. The van der Waals surface area contributed by atoms with Gasteiger partial charge >= 0.3 is 0 Å². The van der Waals surface area contributed by atoms with E-state index in [2.05, 4.69) is 20.1 Å². The van der Waals surface area contributed by atoms with E-state index in [-0.39, 0.29) is 24.2 Å². The van der Waals surface area contributed by atoms with E-state index < -0.39 is 5.82 Å². The highest BCUT2D eigenvalue weighted by Crippen LogP contribution is 2.27. The SMILES string of the molecule is O=C([C@H]1CC(=O)N(c2cccc(F)c2)C1)N1CCN(Cc2ncn[nH]2)CC1. The van der Waals surface area contributed by atoms with Crippen molar-refractivity contribution in [1.82, 2.24) is 25.0 Å². The number of carbonyl (C=O) groups is 2. The topological polar surface area (TPSA) is 85.4 Å². The first-order valence-corrected chi connectivity index (χ1v) is 9.01. The highest BCUT2D eigenvalue weighted by Gasteiger charge is 2.38. The third-order valence-electron chi connectivity index (χ3n) is 5.12. The van der Waals surface area contributed by atoms with Gasteiger partial charge in [-0.25, -0.2) is 9.37 Å². The fraction of sp³-hybridized carbons (Fsp3) is 0.444. The van der Waals surface area contributed by atoms with E-state index in [9.17, 15) is 14.0 Å². The first-order valence-electron chi connectivity index (χ1n) is 9.01. The van der Waals surface area contributed by atoms with Gasteiger partial charge < -0.3 is 9.80 Å². The van der Waals surface area contributed by atoms with Crippen LogP contribution in [0.2, 0.25) is 0 Å². The smallest absolute Gasteiger partial charge is 0.228 e. The van der Waals surface area contributed by atoms with Crippen molar-refractivity contribution in [3.8, 4) is 0 Å². The molecule has 142 valence electrons. The number of anilines is 1. The van der Waals surface area contributed by atoms with Gasteiger partial charge in [0.05, 0.1) is 12.5 Å². The third kappa shape index (κ3) is 3.82. The average Bonchev–Trinajstić information content (AvgIpc) is 3.31. The zero-order valence-electron chi connectivity index (χ0n) is 14.8. The summed E-state index contributed by atoms with van der Waals surface area (Å²) >= 11 is 0. The van der Waals surface area contributed by atoms with Crippen LogP contribution in [-0.2, 0) is 16.1 Å². The average molecular weight is 372 g/mol. The van der Waals surface area contributed by atoms with Gasteiger partial charge in [0.2, 0.25) is 11.8 Å². The van der Waals surface area contributed by atoms with Gasteiger partial charge in [0.15, 0.2) is 0 Å². The standard InChI is InChI=1S/C18H21FN6O2/c19-14-2-1-3-15(9-14)25-10-13(8-17(25)26)18(27)24-6-4-23(5-7-24)11-16-20-12-21-22-16/h1-3,9,12-13H,4-8,10-11H2,(H,20,21,22)/t13-/m0/s1. The molecular weight excluding hydrogens is 351 g/mol. The first-order chi connectivity index (χ1) is 13.1. The Kier molecular flexibility index (Phi) is 4.85. The highest BCUT2D eigenvalue weighted by molar-refractivity contribution is 6.00. The Labute approximate surface area is 156 Å². The van der Waals surface area contributed by atoms with Crippen molar-refractivity contribution in [2.75, 3.05) is 37.6 Å². The number of nitrogens with one attached hydrogen (secondary N) is 1. The first kappa shape index (κ1) is 17.6. The summed E-state index contributed by atoms with van der Waals surface area (Å²) in [6, 6.07) is 5.93.